The summed E-state index contributed by atoms with van der Waals surface area (Å²) in [6.07, 6.45) is 1.57. The Bertz CT molecular complexity index is 488. The van der Waals surface area contributed by atoms with Crippen molar-refractivity contribution in [2.24, 2.45) is 0 Å². The lowest BCUT2D eigenvalue weighted by atomic mass is 10.4. The number of hydrogen-bond acceptors (Lipinski definition) is 4. The Kier molecular flexibility index (Phi) is 1.84. The van der Waals surface area contributed by atoms with Crippen molar-refractivity contribution in [3.8, 4) is 0 Å². The van der Waals surface area contributed by atoms with E-state index in [0.29, 0.717) is 13.0 Å². The first-order chi connectivity index (χ1) is 6.52. The largest absolute Gasteiger partial charge is 0.478 e. The predicted molar refractivity (Wildman–Crippen MR) is 45.9 cm³/mol. The van der Waals surface area contributed by atoms with E-state index in [1.54, 1.807) is 0 Å². The molecule has 0 saturated heterocycles. The Morgan fingerprint density at radius 3 is 2.93 bits per heavy atom. The van der Waals surface area contributed by atoms with E-state index in [9.17, 15) is 13.2 Å². The molecule has 0 fully saturated rings. The van der Waals surface area contributed by atoms with Crippen molar-refractivity contribution in [1.82, 2.24) is 9.78 Å². The van der Waals surface area contributed by atoms with Crippen LogP contribution >= 0.6 is 0 Å². The lowest BCUT2D eigenvalue weighted by Gasteiger charge is -2.14. The van der Waals surface area contributed by atoms with Gasteiger partial charge in [0.15, 0.2) is 14.9 Å². The van der Waals surface area contributed by atoms with Gasteiger partial charge in [0, 0.05) is 6.54 Å². The highest BCUT2D eigenvalue weighted by atomic mass is 32.2. The van der Waals surface area contributed by atoms with Crippen LogP contribution in [0.2, 0.25) is 0 Å². The minimum Gasteiger partial charge on any atom is -0.478 e. The highest BCUT2D eigenvalue weighted by Crippen LogP contribution is 2.22. The molecule has 0 bridgehead atoms. The van der Waals surface area contributed by atoms with Crippen molar-refractivity contribution in [3.63, 3.8) is 0 Å². The van der Waals surface area contributed by atoms with E-state index >= 15 is 0 Å². The first kappa shape index (κ1) is 9.20. The van der Waals surface area contributed by atoms with Crippen LogP contribution in [-0.4, -0.2) is 35.0 Å². The van der Waals surface area contributed by atoms with Gasteiger partial charge in [-0.15, -0.1) is 0 Å². The first-order valence-electron chi connectivity index (χ1n) is 4.04. The minimum atomic E-state index is -3.45. The van der Waals surface area contributed by atoms with Crippen molar-refractivity contribution < 1.29 is 18.3 Å². The standard InChI is InChI=1S/C7H8N2O4S/c10-7(11)5-4-8-9-2-1-3-14(12,13)6(5)9/h4H,1-3H2,(H,10,11). The van der Waals surface area contributed by atoms with Crippen LogP contribution in [-0.2, 0) is 16.4 Å². The molecule has 14 heavy (non-hydrogen) atoms. The van der Waals surface area contributed by atoms with Crippen LogP contribution in [0.15, 0.2) is 11.2 Å². The van der Waals surface area contributed by atoms with E-state index in [2.05, 4.69) is 5.10 Å². The molecule has 0 radical (unpaired) electrons. The third-order valence-electron chi connectivity index (χ3n) is 2.10. The van der Waals surface area contributed by atoms with Crippen molar-refractivity contribution in [2.45, 2.75) is 18.0 Å². The molecule has 6 nitrogen and oxygen atoms in total. The second-order valence-electron chi connectivity index (χ2n) is 3.06. The molecule has 1 aliphatic heterocycles. The average molecular weight is 216 g/mol. The van der Waals surface area contributed by atoms with Crippen LogP contribution < -0.4 is 0 Å². The second kappa shape index (κ2) is 2.81. The summed E-state index contributed by atoms with van der Waals surface area (Å²) in [7, 11) is -3.45. The van der Waals surface area contributed by atoms with Crippen molar-refractivity contribution >= 4 is 15.8 Å². The van der Waals surface area contributed by atoms with E-state index in [1.165, 1.54) is 4.68 Å². The molecule has 7 heteroatoms. The lowest BCUT2D eigenvalue weighted by molar-refractivity contribution is 0.0692. The first-order valence-corrected chi connectivity index (χ1v) is 5.69. The molecule has 0 unspecified atom stereocenters. The number of carbonyl (C=O) groups is 1. The summed E-state index contributed by atoms with van der Waals surface area (Å²) in [4.78, 5) is 10.7. The number of aromatic nitrogens is 2. The quantitative estimate of drug-likeness (QED) is 0.699. The van der Waals surface area contributed by atoms with Gasteiger partial charge in [-0.25, -0.2) is 13.2 Å². The fourth-order valence-corrected chi connectivity index (χ4v) is 3.15. The normalized spacial score (nSPS) is 18.9. The molecule has 2 heterocycles. The van der Waals surface area contributed by atoms with Crippen molar-refractivity contribution in [1.29, 1.82) is 0 Å². The topological polar surface area (TPSA) is 89.3 Å². The number of sulfone groups is 1. The third-order valence-corrected chi connectivity index (χ3v) is 3.95. The lowest BCUT2D eigenvalue weighted by Crippen LogP contribution is -2.23. The molecule has 0 amide bonds. The molecule has 2 rings (SSSR count). The van der Waals surface area contributed by atoms with Gasteiger partial charge in [0.2, 0.25) is 0 Å². The van der Waals surface area contributed by atoms with Gasteiger partial charge in [-0.3, -0.25) is 4.68 Å². The average Bonchev–Trinajstić information content (AvgIpc) is 2.48. The van der Waals surface area contributed by atoms with Crippen LogP contribution in [0.4, 0.5) is 0 Å². The van der Waals surface area contributed by atoms with Gasteiger partial charge in [0.25, 0.3) is 0 Å². The van der Waals surface area contributed by atoms with Gasteiger partial charge in [-0.2, -0.15) is 5.10 Å². The molecule has 1 aromatic heterocycles. The molecule has 0 aromatic carbocycles. The zero-order chi connectivity index (χ0) is 10.3. The third kappa shape index (κ3) is 1.20. The summed E-state index contributed by atoms with van der Waals surface area (Å²) in [5.74, 6) is -1.25. The molecule has 0 aliphatic carbocycles. The minimum absolute atomic E-state index is 0.00102. The van der Waals surface area contributed by atoms with E-state index in [4.69, 9.17) is 5.11 Å². The van der Waals surface area contributed by atoms with Crippen LogP contribution in [0.1, 0.15) is 16.8 Å². The van der Waals surface area contributed by atoms with Crippen LogP contribution in [0.25, 0.3) is 0 Å². The summed E-state index contributed by atoms with van der Waals surface area (Å²) in [5.41, 5.74) is -0.232. The number of aryl methyl sites for hydroxylation is 1. The molecule has 1 aliphatic rings. The van der Waals surface area contributed by atoms with Gasteiger partial charge in [0.05, 0.1) is 11.9 Å². The maximum absolute atomic E-state index is 11.5. The van der Waals surface area contributed by atoms with Crippen molar-refractivity contribution in [3.05, 3.63) is 11.8 Å². The Morgan fingerprint density at radius 1 is 1.57 bits per heavy atom. The molecule has 76 valence electrons. The van der Waals surface area contributed by atoms with Gasteiger partial charge in [0.1, 0.15) is 5.56 Å². The van der Waals surface area contributed by atoms with Crippen molar-refractivity contribution in [2.75, 3.05) is 5.75 Å². The fourth-order valence-electron chi connectivity index (χ4n) is 1.51. The zero-order valence-corrected chi connectivity index (χ0v) is 7.99. The Hall–Kier alpha value is -1.37. The number of aromatic carboxylic acids is 1. The summed E-state index contributed by atoms with van der Waals surface area (Å²) in [5, 5.41) is 12.3. The summed E-state index contributed by atoms with van der Waals surface area (Å²) >= 11 is 0. The number of carboxylic acid groups (broad SMARTS) is 1. The smallest absolute Gasteiger partial charge is 0.340 e. The molecule has 0 spiro atoms. The Morgan fingerprint density at radius 2 is 2.29 bits per heavy atom. The van der Waals surface area contributed by atoms with Gasteiger partial charge in [-0.05, 0) is 6.42 Å². The highest BCUT2D eigenvalue weighted by molar-refractivity contribution is 7.91. The molecular formula is C7H8N2O4S. The highest BCUT2D eigenvalue weighted by Gasteiger charge is 2.30. The van der Waals surface area contributed by atoms with Gasteiger partial charge < -0.3 is 5.11 Å². The molecule has 0 atom stereocenters. The van der Waals surface area contributed by atoms with E-state index < -0.39 is 15.8 Å². The maximum Gasteiger partial charge on any atom is 0.340 e. The molecule has 0 saturated carbocycles. The van der Waals surface area contributed by atoms with Gasteiger partial charge >= 0.3 is 5.97 Å². The fraction of sp³-hybridized carbons (Fsp3) is 0.429. The molecule has 1 aromatic rings. The molecule has 1 N–H and O–H groups in total. The summed E-state index contributed by atoms with van der Waals surface area (Å²) < 4.78 is 24.3. The molecular weight excluding hydrogens is 208 g/mol. The maximum atomic E-state index is 11.5. The second-order valence-corrected chi connectivity index (χ2v) is 5.09. The Balaban J connectivity index is 2.71. The summed E-state index contributed by atoms with van der Waals surface area (Å²) in [6.45, 7) is 0.460. The Labute approximate surface area is 80.1 Å². The number of nitrogens with zero attached hydrogens (tertiary/aromatic N) is 2. The van der Waals surface area contributed by atoms with E-state index in [1.807, 2.05) is 0 Å². The van der Waals surface area contributed by atoms with Crippen LogP contribution in [0, 0.1) is 0 Å². The van der Waals surface area contributed by atoms with Gasteiger partial charge in [-0.1, -0.05) is 0 Å². The van der Waals surface area contributed by atoms with Crippen LogP contribution in [0.5, 0.6) is 0 Å². The number of carboxylic acids is 1. The number of fused-ring (bicyclic) bond motifs is 1. The van der Waals surface area contributed by atoms with Crippen LogP contribution in [0.3, 0.4) is 0 Å². The monoisotopic (exact) mass is 216 g/mol. The number of rotatable bonds is 1. The zero-order valence-electron chi connectivity index (χ0n) is 7.17. The van der Waals surface area contributed by atoms with E-state index in [0.717, 1.165) is 6.20 Å². The van der Waals surface area contributed by atoms with E-state index in [-0.39, 0.29) is 16.3 Å². The SMILES string of the molecule is O=C(O)c1cnn2c1S(=O)(=O)CCC2. The summed E-state index contributed by atoms with van der Waals surface area (Å²) in [6, 6.07) is 0. The number of hydrogen-bond donors (Lipinski definition) is 1. The predicted octanol–water partition coefficient (Wildman–Crippen LogP) is -0.241.